The molecule has 17 heavy (non-hydrogen) atoms. The molecule has 0 unspecified atom stereocenters. The van der Waals surface area contributed by atoms with E-state index >= 15 is 0 Å². The van der Waals surface area contributed by atoms with Crippen LogP contribution in [0.1, 0.15) is 34.6 Å². The first-order chi connectivity index (χ1) is 7.91. The van der Waals surface area contributed by atoms with Crippen molar-refractivity contribution in [1.82, 2.24) is 0 Å². The number of hydrogen-bond acceptors (Lipinski definition) is 3. The lowest BCUT2D eigenvalue weighted by molar-refractivity contribution is -0.147. The lowest BCUT2D eigenvalue weighted by Gasteiger charge is -2.05. The van der Waals surface area contributed by atoms with E-state index in [0.29, 0.717) is 25.7 Å². The molecule has 0 radical (unpaired) electrons. The van der Waals surface area contributed by atoms with Crippen molar-refractivity contribution in [3.63, 3.8) is 0 Å². The predicted molar refractivity (Wildman–Crippen MR) is 67.6 cm³/mol. The third kappa shape index (κ3) is 3.56. The summed E-state index contributed by atoms with van der Waals surface area (Å²) in [6, 6.07) is 0. The molecule has 1 saturated carbocycles. The minimum atomic E-state index is -0.0859. The van der Waals surface area contributed by atoms with Crippen LogP contribution in [0.4, 0.5) is 0 Å². The van der Waals surface area contributed by atoms with Gasteiger partial charge in [0.2, 0.25) is 0 Å². The molecule has 98 valence electrons. The van der Waals surface area contributed by atoms with Crippen LogP contribution in [0.15, 0.2) is 11.6 Å². The Kier molecular flexibility index (Phi) is 4.75. The molecule has 0 heterocycles. The number of esters is 1. The molecule has 0 saturated heterocycles. The standard InChI is InChI=1S/C14H24O3/c1-6-16-7-8-17-13(15)12-11(9-10(2)3)14(12,4)5/h9,11-12H,6-8H2,1-5H3/t11-,12+/m1/s1. The molecule has 1 aliphatic carbocycles. The van der Waals surface area contributed by atoms with Gasteiger partial charge in [0.25, 0.3) is 0 Å². The Morgan fingerprint density at radius 3 is 2.47 bits per heavy atom. The Balaban J connectivity index is 2.41. The maximum Gasteiger partial charge on any atom is 0.310 e. The molecule has 3 heteroatoms. The Morgan fingerprint density at radius 2 is 1.94 bits per heavy atom. The Labute approximate surface area is 104 Å². The Morgan fingerprint density at radius 1 is 1.29 bits per heavy atom. The van der Waals surface area contributed by atoms with Crippen LogP contribution in [0, 0.1) is 17.3 Å². The van der Waals surface area contributed by atoms with Crippen molar-refractivity contribution in [2.75, 3.05) is 19.8 Å². The fourth-order valence-corrected chi connectivity index (χ4v) is 2.23. The summed E-state index contributed by atoms with van der Waals surface area (Å²) in [5.74, 6) is 0.253. The zero-order chi connectivity index (χ0) is 13.1. The summed E-state index contributed by atoms with van der Waals surface area (Å²) in [4.78, 5) is 11.9. The summed E-state index contributed by atoms with van der Waals surface area (Å²) in [5.41, 5.74) is 1.30. The van der Waals surface area contributed by atoms with Crippen LogP contribution in [-0.2, 0) is 14.3 Å². The molecule has 0 bridgehead atoms. The van der Waals surface area contributed by atoms with Gasteiger partial charge in [0.05, 0.1) is 12.5 Å². The van der Waals surface area contributed by atoms with Crippen LogP contribution in [-0.4, -0.2) is 25.8 Å². The summed E-state index contributed by atoms with van der Waals surface area (Å²) in [5, 5.41) is 0. The van der Waals surface area contributed by atoms with Gasteiger partial charge in [-0.1, -0.05) is 25.5 Å². The number of ether oxygens (including phenoxy) is 2. The Hall–Kier alpha value is -0.830. The number of rotatable bonds is 6. The average Bonchev–Trinajstić information content (AvgIpc) is 2.74. The number of allylic oxidation sites excluding steroid dienone is 2. The van der Waals surface area contributed by atoms with Gasteiger partial charge in [-0.25, -0.2) is 0 Å². The molecule has 1 fully saturated rings. The lowest BCUT2D eigenvalue weighted by Crippen LogP contribution is -2.14. The van der Waals surface area contributed by atoms with E-state index in [-0.39, 0.29) is 17.3 Å². The highest BCUT2D eigenvalue weighted by atomic mass is 16.6. The minimum Gasteiger partial charge on any atom is -0.463 e. The molecule has 0 amide bonds. The summed E-state index contributed by atoms with van der Waals surface area (Å²) in [7, 11) is 0. The molecule has 3 nitrogen and oxygen atoms in total. The predicted octanol–water partition coefficient (Wildman–Crippen LogP) is 2.80. The topological polar surface area (TPSA) is 35.5 Å². The number of hydrogen-bond donors (Lipinski definition) is 0. The maximum atomic E-state index is 11.9. The summed E-state index contributed by atoms with van der Waals surface area (Å²) in [6.07, 6.45) is 2.18. The van der Waals surface area contributed by atoms with Crippen molar-refractivity contribution < 1.29 is 14.3 Å². The van der Waals surface area contributed by atoms with Gasteiger partial charge in [-0.05, 0) is 32.1 Å². The van der Waals surface area contributed by atoms with E-state index in [9.17, 15) is 4.79 Å². The minimum absolute atomic E-state index is 0.0130. The van der Waals surface area contributed by atoms with E-state index in [1.165, 1.54) is 5.57 Å². The lowest BCUT2D eigenvalue weighted by atomic mass is 10.1. The molecular weight excluding hydrogens is 216 g/mol. The maximum absolute atomic E-state index is 11.9. The zero-order valence-corrected chi connectivity index (χ0v) is 11.6. The van der Waals surface area contributed by atoms with Crippen molar-refractivity contribution in [2.45, 2.75) is 34.6 Å². The van der Waals surface area contributed by atoms with Crippen LogP contribution in [0.3, 0.4) is 0 Å². The van der Waals surface area contributed by atoms with E-state index in [4.69, 9.17) is 9.47 Å². The molecular formula is C14H24O3. The van der Waals surface area contributed by atoms with Gasteiger partial charge in [-0.3, -0.25) is 4.79 Å². The molecule has 1 rings (SSSR count). The Bertz CT molecular complexity index is 301. The highest BCUT2D eigenvalue weighted by Gasteiger charge is 2.61. The fraction of sp³-hybridized carbons (Fsp3) is 0.786. The first-order valence-corrected chi connectivity index (χ1v) is 6.30. The quantitative estimate of drug-likeness (QED) is 0.407. The molecule has 0 aromatic rings. The van der Waals surface area contributed by atoms with Gasteiger partial charge >= 0.3 is 5.97 Å². The van der Waals surface area contributed by atoms with Crippen LogP contribution < -0.4 is 0 Å². The smallest absolute Gasteiger partial charge is 0.310 e. The van der Waals surface area contributed by atoms with Gasteiger partial charge in [-0.2, -0.15) is 0 Å². The van der Waals surface area contributed by atoms with Gasteiger partial charge < -0.3 is 9.47 Å². The second-order valence-electron chi connectivity index (χ2n) is 5.43. The SMILES string of the molecule is CCOCCOC(=O)[C@@H]1[C@@H](C=C(C)C)C1(C)C. The van der Waals surface area contributed by atoms with Crippen molar-refractivity contribution in [3.05, 3.63) is 11.6 Å². The molecule has 0 N–H and O–H groups in total. The summed E-state index contributed by atoms with van der Waals surface area (Å²) < 4.78 is 10.4. The van der Waals surface area contributed by atoms with E-state index in [1.54, 1.807) is 0 Å². The van der Waals surface area contributed by atoms with Gasteiger partial charge in [0.15, 0.2) is 0 Å². The number of carbonyl (C=O) groups excluding carboxylic acids is 1. The van der Waals surface area contributed by atoms with Gasteiger partial charge in [0.1, 0.15) is 6.61 Å². The average molecular weight is 240 g/mol. The van der Waals surface area contributed by atoms with Gasteiger partial charge in [0, 0.05) is 6.61 Å². The van der Waals surface area contributed by atoms with Crippen molar-refractivity contribution in [1.29, 1.82) is 0 Å². The number of carbonyl (C=O) groups is 1. The highest BCUT2D eigenvalue weighted by Crippen LogP contribution is 2.59. The van der Waals surface area contributed by atoms with E-state index < -0.39 is 0 Å². The second kappa shape index (κ2) is 5.67. The summed E-state index contributed by atoms with van der Waals surface area (Å²) >= 11 is 0. The molecule has 2 atom stereocenters. The van der Waals surface area contributed by atoms with Crippen LogP contribution >= 0.6 is 0 Å². The first kappa shape index (κ1) is 14.2. The van der Waals surface area contributed by atoms with Crippen LogP contribution in [0.5, 0.6) is 0 Å². The fourth-order valence-electron chi connectivity index (χ4n) is 2.23. The van der Waals surface area contributed by atoms with Crippen molar-refractivity contribution in [2.24, 2.45) is 17.3 Å². The highest BCUT2D eigenvalue weighted by molar-refractivity contribution is 5.78. The van der Waals surface area contributed by atoms with Crippen molar-refractivity contribution >= 4 is 5.97 Å². The normalized spacial score (nSPS) is 25.2. The monoisotopic (exact) mass is 240 g/mol. The van der Waals surface area contributed by atoms with Crippen LogP contribution in [0.2, 0.25) is 0 Å². The van der Waals surface area contributed by atoms with E-state index in [2.05, 4.69) is 33.8 Å². The van der Waals surface area contributed by atoms with E-state index in [1.807, 2.05) is 6.92 Å². The molecule has 1 aliphatic rings. The molecule has 0 aliphatic heterocycles. The van der Waals surface area contributed by atoms with Gasteiger partial charge in [-0.15, -0.1) is 0 Å². The molecule has 0 spiro atoms. The first-order valence-electron chi connectivity index (χ1n) is 6.30. The zero-order valence-electron chi connectivity index (χ0n) is 11.6. The van der Waals surface area contributed by atoms with Crippen LogP contribution in [0.25, 0.3) is 0 Å². The largest absolute Gasteiger partial charge is 0.463 e. The molecule has 0 aromatic carbocycles. The van der Waals surface area contributed by atoms with Crippen molar-refractivity contribution in [3.8, 4) is 0 Å². The molecule has 0 aromatic heterocycles. The second-order valence-corrected chi connectivity index (χ2v) is 5.43. The summed E-state index contributed by atoms with van der Waals surface area (Å²) in [6.45, 7) is 11.8. The van der Waals surface area contributed by atoms with E-state index in [0.717, 1.165) is 0 Å². The third-order valence-electron chi connectivity index (χ3n) is 3.35. The third-order valence-corrected chi connectivity index (χ3v) is 3.35.